The molecule has 2 amide bonds. The summed E-state index contributed by atoms with van der Waals surface area (Å²) in [5.74, 6) is -0.140. The van der Waals surface area contributed by atoms with Crippen LogP contribution in [0.1, 0.15) is 10.4 Å². The van der Waals surface area contributed by atoms with Crippen molar-refractivity contribution in [1.29, 1.82) is 0 Å². The van der Waals surface area contributed by atoms with Gasteiger partial charge in [0, 0.05) is 57.9 Å². The van der Waals surface area contributed by atoms with Crippen LogP contribution in [0, 0.1) is 0 Å². The van der Waals surface area contributed by atoms with E-state index >= 15 is 0 Å². The number of rotatable bonds is 9. The van der Waals surface area contributed by atoms with E-state index in [0.717, 1.165) is 16.5 Å². The molecular formula is C31H28ClN7O2. The summed E-state index contributed by atoms with van der Waals surface area (Å²) in [6, 6.07) is 21.9. The van der Waals surface area contributed by atoms with E-state index in [2.05, 4.69) is 30.9 Å². The highest BCUT2D eigenvalue weighted by Gasteiger charge is 2.11. The Morgan fingerprint density at radius 1 is 0.951 bits per heavy atom. The molecule has 0 bridgehead atoms. The topological polar surface area (TPSA) is 115 Å². The number of amides is 2. The Morgan fingerprint density at radius 2 is 1.76 bits per heavy atom. The van der Waals surface area contributed by atoms with Gasteiger partial charge < -0.3 is 25.8 Å². The lowest BCUT2D eigenvalue weighted by molar-refractivity contribution is -0.111. The van der Waals surface area contributed by atoms with E-state index in [4.69, 9.17) is 11.6 Å². The summed E-state index contributed by atoms with van der Waals surface area (Å²) in [4.78, 5) is 39.0. The summed E-state index contributed by atoms with van der Waals surface area (Å²) in [7, 11) is 3.85. The van der Waals surface area contributed by atoms with Crippen molar-refractivity contribution in [1.82, 2.24) is 19.9 Å². The van der Waals surface area contributed by atoms with Crippen molar-refractivity contribution in [2.24, 2.45) is 0 Å². The number of carbonyl (C=O) groups is 2. The molecule has 41 heavy (non-hydrogen) atoms. The Labute approximate surface area is 242 Å². The van der Waals surface area contributed by atoms with Crippen molar-refractivity contribution in [3.05, 3.63) is 108 Å². The van der Waals surface area contributed by atoms with Gasteiger partial charge in [-0.2, -0.15) is 0 Å². The van der Waals surface area contributed by atoms with Crippen LogP contribution in [0.4, 0.5) is 23.0 Å². The van der Waals surface area contributed by atoms with Crippen LogP contribution in [0.15, 0.2) is 97.3 Å². The first kappa shape index (κ1) is 27.6. The molecule has 4 N–H and O–H groups in total. The molecule has 0 fully saturated rings. The molecule has 3 aromatic carbocycles. The van der Waals surface area contributed by atoms with Gasteiger partial charge in [-0.25, -0.2) is 9.97 Å². The van der Waals surface area contributed by atoms with Crippen LogP contribution in [0.2, 0.25) is 5.02 Å². The summed E-state index contributed by atoms with van der Waals surface area (Å²) >= 11 is 6.43. The van der Waals surface area contributed by atoms with Crippen molar-refractivity contribution < 1.29 is 9.59 Å². The molecule has 0 aliphatic rings. The predicted octanol–water partition coefficient (Wildman–Crippen LogP) is 6.33. The Kier molecular flexibility index (Phi) is 8.38. The van der Waals surface area contributed by atoms with Crippen molar-refractivity contribution in [3.8, 4) is 11.3 Å². The fraction of sp³-hybridized carbons (Fsp3) is 0.0968. The zero-order chi connectivity index (χ0) is 28.8. The van der Waals surface area contributed by atoms with E-state index in [0.29, 0.717) is 45.8 Å². The Bertz CT molecular complexity index is 1730. The number of benzene rings is 3. The highest BCUT2D eigenvalue weighted by atomic mass is 35.5. The minimum Gasteiger partial charge on any atom is -0.361 e. The van der Waals surface area contributed by atoms with Gasteiger partial charge in [0.2, 0.25) is 11.9 Å². The molecule has 0 atom stereocenters. The zero-order valence-corrected chi connectivity index (χ0v) is 23.2. The van der Waals surface area contributed by atoms with E-state index in [9.17, 15) is 9.59 Å². The number of aromatic nitrogens is 3. The van der Waals surface area contributed by atoms with Crippen LogP contribution in [-0.4, -0.2) is 52.3 Å². The van der Waals surface area contributed by atoms with Gasteiger partial charge in [0.1, 0.15) is 0 Å². The second kappa shape index (κ2) is 12.5. The first-order chi connectivity index (χ1) is 19.8. The average Bonchev–Trinajstić information content (AvgIpc) is 3.42. The van der Waals surface area contributed by atoms with Crippen molar-refractivity contribution in [2.45, 2.75) is 0 Å². The highest BCUT2D eigenvalue weighted by molar-refractivity contribution is 6.33. The second-order valence-electron chi connectivity index (χ2n) is 9.56. The number of hydrogen-bond acceptors (Lipinski definition) is 6. The molecule has 2 aromatic heterocycles. The van der Waals surface area contributed by atoms with Gasteiger partial charge in [-0.15, -0.1) is 0 Å². The van der Waals surface area contributed by atoms with Gasteiger partial charge in [0.15, 0.2) is 0 Å². The van der Waals surface area contributed by atoms with Crippen LogP contribution in [-0.2, 0) is 4.79 Å². The Hall–Kier alpha value is -4.99. The molecule has 0 saturated heterocycles. The van der Waals surface area contributed by atoms with Gasteiger partial charge in [-0.3, -0.25) is 9.59 Å². The molecule has 0 spiro atoms. The minimum absolute atomic E-state index is 0.230. The number of halogens is 1. The zero-order valence-electron chi connectivity index (χ0n) is 22.5. The number of fused-ring (bicyclic) bond motifs is 1. The maximum absolute atomic E-state index is 12.9. The van der Waals surface area contributed by atoms with Gasteiger partial charge >= 0.3 is 0 Å². The lowest BCUT2D eigenvalue weighted by atomic mass is 10.1. The van der Waals surface area contributed by atoms with E-state index in [-0.39, 0.29) is 11.8 Å². The molecule has 10 heteroatoms. The minimum atomic E-state index is -0.281. The SMILES string of the molecule is CN(C)C/C=C/C(=O)Nc1ccc(C(=O)Nc2cccc(Nc3ncc(Cl)c(-c4ccc5[nH]ccc5c4)n3)c2)cc1. The number of aromatic amines is 1. The summed E-state index contributed by atoms with van der Waals surface area (Å²) < 4.78 is 0. The lowest BCUT2D eigenvalue weighted by Crippen LogP contribution is -2.13. The number of carbonyl (C=O) groups excluding carboxylic acids is 2. The van der Waals surface area contributed by atoms with Crippen molar-refractivity contribution in [2.75, 3.05) is 36.6 Å². The molecule has 5 rings (SSSR count). The standard InChI is InChI=1S/C31H28ClN7O2/c1-39(2)16-4-7-28(40)35-23-11-8-20(9-12-23)30(41)36-24-5-3-6-25(18-24)37-31-34-19-26(32)29(38-31)22-10-13-27-21(17-22)14-15-33-27/h3-15,17-19,33H,16H2,1-2H3,(H,35,40)(H,36,41)(H,34,37,38)/b7-4+. The maximum Gasteiger partial charge on any atom is 0.255 e. The maximum atomic E-state index is 12.9. The van der Waals surface area contributed by atoms with Gasteiger partial charge in [-0.1, -0.05) is 29.8 Å². The first-order valence-electron chi connectivity index (χ1n) is 12.8. The number of likely N-dealkylation sites (N-methyl/N-ethyl adjacent to an activating group) is 1. The van der Waals surface area contributed by atoms with Crippen molar-refractivity contribution in [3.63, 3.8) is 0 Å². The monoisotopic (exact) mass is 565 g/mol. The molecular weight excluding hydrogens is 538 g/mol. The fourth-order valence-electron chi connectivity index (χ4n) is 4.10. The Morgan fingerprint density at radius 3 is 2.56 bits per heavy atom. The predicted molar refractivity (Wildman–Crippen MR) is 165 cm³/mol. The molecule has 0 aliphatic carbocycles. The lowest BCUT2D eigenvalue weighted by Gasteiger charge is -2.11. The summed E-state index contributed by atoms with van der Waals surface area (Å²) in [5, 5.41) is 10.4. The van der Waals surface area contributed by atoms with E-state index in [1.165, 1.54) is 6.08 Å². The van der Waals surface area contributed by atoms with Crippen LogP contribution in [0.5, 0.6) is 0 Å². The first-order valence-corrected chi connectivity index (χ1v) is 13.2. The molecule has 0 aliphatic heterocycles. The van der Waals surface area contributed by atoms with Gasteiger partial charge in [-0.05, 0) is 74.8 Å². The number of nitrogens with one attached hydrogen (secondary N) is 4. The van der Waals surface area contributed by atoms with E-state index in [1.54, 1.807) is 48.7 Å². The van der Waals surface area contributed by atoms with Crippen LogP contribution >= 0.6 is 11.6 Å². The average molecular weight is 566 g/mol. The molecule has 0 unspecified atom stereocenters. The molecule has 5 aromatic rings. The summed E-state index contributed by atoms with van der Waals surface area (Å²) in [6.45, 7) is 0.669. The highest BCUT2D eigenvalue weighted by Crippen LogP contribution is 2.29. The number of nitrogens with zero attached hydrogens (tertiary/aromatic N) is 3. The van der Waals surface area contributed by atoms with E-state index < -0.39 is 0 Å². The van der Waals surface area contributed by atoms with Crippen molar-refractivity contribution >= 4 is 57.3 Å². The largest absolute Gasteiger partial charge is 0.361 e. The third kappa shape index (κ3) is 7.16. The third-order valence-corrected chi connectivity index (χ3v) is 6.38. The van der Waals surface area contributed by atoms with Crippen LogP contribution in [0.25, 0.3) is 22.2 Å². The normalized spacial score (nSPS) is 11.2. The fourth-order valence-corrected chi connectivity index (χ4v) is 4.30. The Balaban J connectivity index is 1.23. The molecule has 9 nitrogen and oxygen atoms in total. The van der Waals surface area contributed by atoms with Crippen LogP contribution < -0.4 is 16.0 Å². The number of hydrogen-bond donors (Lipinski definition) is 4. The molecule has 2 heterocycles. The smallest absolute Gasteiger partial charge is 0.255 e. The number of H-pyrrole nitrogens is 1. The molecule has 206 valence electrons. The molecule has 0 radical (unpaired) electrons. The quantitative estimate of drug-likeness (QED) is 0.155. The van der Waals surface area contributed by atoms with Gasteiger partial charge in [0.05, 0.1) is 16.9 Å². The summed E-state index contributed by atoms with van der Waals surface area (Å²) in [5.41, 5.74) is 4.86. The molecule has 0 saturated carbocycles. The number of anilines is 4. The summed E-state index contributed by atoms with van der Waals surface area (Å²) in [6.07, 6.45) is 6.71. The third-order valence-electron chi connectivity index (χ3n) is 6.10. The second-order valence-corrected chi connectivity index (χ2v) is 9.97. The van der Waals surface area contributed by atoms with Crippen LogP contribution in [0.3, 0.4) is 0 Å². The van der Waals surface area contributed by atoms with Gasteiger partial charge in [0.25, 0.3) is 5.91 Å². The van der Waals surface area contributed by atoms with E-state index in [1.807, 2.05) is 61.6 Å².